The first-order chi connectivity index (χ1) is 10.3. The first-order valence-electron chi connectivity index (χ1n) is 7.13. The molecule has 21 heavy (non-hydrogen) atoms. The minimum absolute atomic E-state index is 0.00242. The molecular formula is C14H18N6O. The Morgan fingerprint density at radius 2 is 2.24 bits per heavy atom. The Balaban J connectivity index is 1.75. The van der Waals surface area contributed by atoms with E-state index >= 15 is 0 Å². The van der Waals surface area contributed by atoms with E-state index in [1.807, 2.05) is 37.3 Å². The van der Waals surface area contributed by atoms with Gasteiger partial charge < -0.3 is 10.6 Å². The second-order valence-corrected chi connectivity index (χ2v) is 5.16. The zero-order valence-electron chi connectivity index (χ0n) is 11.9. The maximum Gasteiger partial charge on any atom is 0.237 e. The lowest BCUT2D eigenvalue weighted by atomic mass is 10.2. The Morgan fingerprint density at radius 1 is 1.43 bits per heavy atom. The van der Waals surface area contributed by atoms with Gasteiger partial charge in [0.1, 0.15) is 0 Å². The van der Waals surface area contributed by atoms with E-state index in [1.165, 1.54) is 0 Å². The highest BCUT2D eigenvalue weighted by Gasteiger charge is 2.25. The highest BCUT2D eigenvalue weighted by Crippen LogP contribution is 2.14. The number of aromatic nitrogens is 4. The monoisotopic (exact) mass is 286 g/mol. The van der Waals surface area contributed by atoms with Gasteiger partial charge in [0.15, 0.2) is 5.82 Å². The molecule has 2 aromatic rings. The van der Waals surface area contributed by atoms with E-state index in [4.69, 9.17) is 0 Å². The molecule has 1 fully saturated rings. The van der Waals surface area contributed by atoms with Crippen molar-refractivity contribution in [2.24, 2.45) is 0 Å². The molecule has 7 heteroatoms. The van der Waals surface area contributed by atoms with E-state index in [0.717, 1.165) is 25.1 Å². The van der Waals surface area contributed by atoms with Gasteiger partial charge in [-0.1, -0.05) is 18.2 Å². The zero-order valence-corrected chi connectivity index (χ0v) is 11.9. The Hall–Kier alpha value is -2.28. The fraction of sp³-hybridized carbons (Fsp3) is 0.429. The summed E-state index contributed by atoms with van der Waals surface area (Å²) in [6.07, 6.45) is 1.91. The van der Waals surface area contributed by atoms with Crippen molar-refractivity contribution in [2.45, 2.75) is 31.8 Å². The number of amides is 1. The largest absolute Gasteiger partial charge is 0.345 e. The third-order valence-electron chi connectivity index (χ3n) is 3.62. The summed E-state index contributed by atoms with van der Waals surface area (Å²) < 4.78 is 1.65. The van der Waals surface area contributed by atoms with E-state index in [-0.39, 0.29) is 18.0 Å². The lowest BCUT2D eigenvalue weighted by Crippen LogP contribution is -2.41. The van der Waals surface area contributed by atoms with Gasteiger partial charge in [0.25, 0.3) is 0 Å². The molecule has 0 saturated carbocycles. The number of para-hydroxylation sites is 1. The Bertz CT molecular complexity index is 605. The maximum absolute atomic E-state index is 12.1. The van der Waals surface area contributed by atoms with Gasteiger partial charge in [0, 0.05) is 0 Å². The van der Waals surface area contributed by atoms with Crippen LogP contribution in [0.3, 0.4) is 0 Å². The molecule has 2 unspecified atom stereocenters. The number of carbonyl (C=O) groups is 1. The molecule has 2 heterocycles. The molecule has 2 N–H and O–H groups in total. The average molecular weight is 286 g/mol. The standard InChI is InChI=1S/C14H18N6O/c1-10(16-14(21)12-8-5-9-15-12)13-17-18-19-20(13)11-6-3-2-4-7-11/h2-4,6-7,10,12,15H,5,8-9H2,1H3,(H,16,21). The van der Waals surface area contributed by atoms with Crippen LogP contribution in [0.1, 0.15) is 31.6 Å². The molecule has 3 rings (SSSR count). The fourth-order valence-electron chi connectivity index (χ4n) is 2.50. The summed E-state index contributed by atoms with van der Waals surface area (Å²) in [4.78, 5) is 12.1. The fourth-order valence-corrected chi connectivity index (χ4v) is 2.50. The van der Waals surface area contributed by atoms with Crippen molar-refractivity contribution in [3.63, 3.8) is 0 Å². The molecule has 1 aromatic carbocycles. The van der Waals surface area contributed by atoms with Gasteiger partial charge >= 0.3 is 0 Å². The molecular weight excluding hydrogens is 268 g/mol. The van der Waals surface area contributed by atoms with Gasteiger partial charge in [-0.05, 0) is 48.9 Å². The molecule has 110 valence electrons. The minimum Gasteiger partial charge on any atom is -0.345 e. The van der Waals surface area contributed by atoms with Crippen LogP contribution < -0.4 is 10.6 Å². The van der Waals surface area contributed by atoms with Gasteiger partial charge in [-0.25, -0.2) is 0 Å². The van der Waals surface area contributed by atoms with Crippen LogP contribution in [-0.2, 0) is 4.79 Å². The predicted molar refractivity (Wildman–Crippen MR) is 76.7 cm³/mol. The average Bonchev–Trinajstić information content (AvgIpc) is 3.19. The number of tetrazole rings is 1. The molecule has 1 aliphatic heterocycles. The number of hydrogen-bond acceptors (Lipinski definition) is 5. The summed E-state index contributed by atoms with van der Waals surface area (Å²) >= 11 is 0. The van der Waals surface area contributed by atoms with Crippen LogP contribution in [0.15, 0.2) is 30.3 Å². The minimum atomic E-state index is -0.255. The summed E-state index contributed by atoms with van der Waals surface area (Å²) in [5.41, 5.74) is 0.873. The van der Waals surface area contributed by atoms with E-state index in [1.54, 1.807) is 4.68 Å². The van der Waals surface area contributed by atoms with Crippen molar-refractivity contribution >= 4 is 5.91 Å². The Kier molecular flexibility index (Phi) is 3.92. The zero-order chi connectivity index (χ0) is 14.7. The van der Waals surface area contributed by atoms with Crippen LogP contribution in [-0.4, -0.2) is 38.7 Å². The van der Waals surface area contributed by atoms with Crippen molar-refractivity contribution < 1.29 is 4.79 Å². The topological polar surface area (TPSA) is 84.7 Å². The van der Waals surface area contributed by atoms with Crippen LogP contribution in [0.2, 0.25) is 0 Å². The summed E-state index contributed by atoms with van der Waals surface area (Å²) in [5.74, 6) is 0.621. The van der Waals surface area contributed by atoms with E-state index < -0.39 is 0 Å². The third-order valence-corrected chi connectivity index (χ3v) is 3.62. The summed E-state index contributed by atoms with van der Waals surface area (Å²) in [7, 11) is 0. The highest BCUT2D eigenvalue weighted by atomic mass is 16.2. The van der Waals surface area contributed by atoms with E-state index in [2.05, 4.69) is 26.2 Å². The molecule has 1 aromatic heterocycles. The number of rotatable bonds is 4. The van der Waals surface area contributed by atoms with Crippen LogP contribution in [0.4, 0.5) is 0 Å². The maximum atomic E-state index is 12.1. The first kappa shape index (κ1) is 13.7. The molecule has 7 nitrogen and oxygen atoms in total. The molecule has 2 atom stereocenters. The smallest absolute Gasteiger partial charge is 0.237 e. The lowest BCUT2D eigenvalue weighted by molar-refractivity contribution is -0.123. The molecule has 0 aliphatic carbocycles. The molecule has 1 aliphatic rings. The van der Waals surface area contributed by atoms with E-state index in [9.17, 15) is 4.79 Å². The molecule has 0 spiro atoms. The third kappa shape index (κ3) is 2.92. The molecule has 1 saturated heterocycles. The van der Waals surface area contributed by atoms with Gasteiger partial charge in [-0.3, -0.25) is 4.79 Å². The number of nitrogens with one attached hydrogen (secondary N) is 2. The van der Waals surface area contributed by atoms with Crippen molar-refractivity contribution in [1.82, 2.24) is 30.8 Å². The summed E-state index contributed by atoms with van der Waals surface area (Å²) in [6, 6.07) is 9.27. The number of nitrogens with zero attached hydrogens (tertiary/aromatic N) is 4. The van der Waals surface area contributed by atoms with Crippen LogP contribution >= 0.6 is 0 Å². The Labute approximate surface area is 122 Å². The molecule has 0 bridgehead atoms. The SMILES string of the molecule is CC(NC(=O)C1CCCN1)c1nnnn1-c1ccccc1. The predicted octanol–water partition coefficient (Wildman–Crippen LogP) is 0.591. The van der Waals surface area contributed by atoms with Gasteiger partial charge in [0.05, 0.1) is 17.8 Å². The quantitative estimate of drug-likeness (QED) is 0.859. The second-order valence-electron chi connectivity index (χ2n) is 5.16. The number of hydrogen-bond donors (Lipinski definition) is 2. The summed E-state index contributed by atoms with van der Waals surface area (Å²) in [6.45, 7) is 2.78. The number of carbonyl (C=O) groups excluding carboxylic acids is 1. The first-order valence-corrected chi connectivity index (χ1v) is 7.13. The van der Waals surface area contributed by atoms with Gasteiger partial charge in [0.2, 0.25) is 5.91 Å². The molecule has 0 radical (unpaired) electrons. The van der Waals surface area contributed by atoms with Crippen molar-refractivity contribution in [3.8, 4) is 5.69 Å². The van der Waals surface area contributed by atoms with Crippen molar-refractivity contribution in [3.05, 3.63) is 36.2 Å². The van der Waals surface area contributed by atoms with Gasteiger partial charge in [-0.15, -0.1) is 5.10 Å². The lowest BCUT2D eigenvalue weighted by Gasteiger charge is -2.16. The van der Waals surface area contributed by atoms with Crippen LogP contribution in [0, 0.1) is 0 Å². The summed E-state index contributed by atoms with van der Waals surface area (Å²) in [5, 5.41) is 17.9. The second kappa shape index (κ2) is 6.01. The normalized spacial score (nSPS) is 19.4. The van der Waals surface area contributed by atoms with Crippen molar-refractivity contribution in [2.75, 3.05) is 6.54 Å². The van der Waals surface area contributed by atoms with Crippen LogP contribution in [0.5, 0.6) is 0 Å². The Morgan fingerprint density at radius 3 is 2.95 bits per heavy atom. The van der Waals surface area contributed by atoms with Crippen LogP contribution in [0.25, 0.3) is 5.69 Å². The number of benzene rings is 1. The molecule has 1 amide bonds. The van der Waals surface area contributed by atoms with E-state index in [0.29, 0.717) is 5.82 Å². The van der Waals surface area contributed by atoms with Crippen molar-refractivity contribution in [1.29, 1.82) is 0 Å². The highest BCUT2D eigenvalue weighted by molar-refractivity contribution is 5.82. The van der Waals surface area contributed by atoms with Gasteiger partial charge in [-0.2, -0.15) is 4.68 Å².